The second kappa shape index (κ2) is 21.7. The summed E-state index contributed by atoms with van der Waals surface area (Å²) in [5, 5.41) is 5.80. The highest BCUT2D eigenvalue weighted by atomic mass is 16.5. The average Bonchev–Trinajstić information content (AvgIpc) is 3.16. The molecule has 0 radical (unpaired) electrons. The van der Waals surface area contributed by atoms with Gasteiger partial charge in [0, 0.05) is 37.3 Å². The van der Waals surface area contributed by atoms with Crippen LogP contribution in [-0.2, 0) is 13.1 Å². The van der Waals surface area contributed by atoms with E-state index in [1.807, 2.05) is 76.7 Å². The molecule has 12 heteroatoms. The van der Waals surface area contributed by atoms with Gasteiger partial charge in [-0.05, 0) is 100.0 Å². The Balaban J connectivity index is 0.000000280. The third kappa shape index (κ3) is 13.7. The molecule has 0 bridgehead atoms. The van der Waals surface area contributed by atoms with Gasteiger partial charge in [0.1, 0.15) is 24.7 Å². The highest BCUT2D eigenvalue weighted by Crippen LogP contribution is 2.28. The molecule has 0 aliphatic carbocycles. The van der Waals surface area contributed by atoms with Gasteiger partial charge < -0.3 is 48.9 Å². The number of carbonyl (C=O) groups is 2. The van der Waals surface area contributed by atoms with Crippen molar-refractivity contribution in [3.05, 3.63) is 107 Å². The standard InChI is InChI=1S/2C20H26N2O4/c2*1-22(2)11-12-26-17-8-5-15(6-9-17)14-21-20(23)16-7-10-18(24-3)19(13-16)25-4/h2*5-10,13H,11-12,14H2,1-4H3,(H,21,23). The van der Waals surface area contributed by atoms with Crippen LogP contribution in [0.5, 0.6) is 34.5 Å². The quantitative estimate of drug-likeness (QED) is 0.143. The maximum Gasteiger partial charge on any atom is 0.251 e. The van der Waals surface area contributed by atoms with Gasteiger partial charge in [0.15, 0.2) is 23.0 Å². The second-order valence-corrected chi connectivity index (χ2v) is 12.1. The minimum absolute atomic E-state index is 0.169. The Morgan fingerprint density at radius 2 is 0.846 bits per heavy atom. The van der Waals surface area contributed by atoms with E-state index < -0.39 is 0 Å². The molecule has 4 rings (SSSR count). The summed E-state index contributed by atoms with van der Waals surface area (Å²) in [4.78, 5) is 28.8. The zero-order valence-electron chi connectivity index (χ0n) is 31.5. The number of hydrogen-bond acceptors (Lipinski definition) is 10. The third-order valence-corrected chi connectivity index (χ3v) is 7.66. The van der Waals surface area contributed by atoms with Crippen LogP contribution < -0.4 is 39.1 Å². The topological polar surface area (TPSA) is 120 Å². The maximum atomic E-state index is 12.3. The number of rotatable bonds is 18. The van der Waals surface area contributed by atoms with Crippen molar-refractivity contribution in [1.29, 1.82) is 0 Å². The minimum Gasteiger partial charge on any atom is -0.493 e. The van der Waals surface area contributed by atoms with Gasteiger partial charge in [-0.3, -0.25) is 9.59 Å². The molecular weight excluding hydrogens is 664 g/mol. The molecule has 0 saturated heterocycles. The monoisotopic (exact) mass is 716 g/mol. The fraction of sp³-hybridized carbons (Fsp3) is 0.350. The lowest BCUT2D eigenvalue weighted by Crippen LogP contribution is -2.22. The van der Waals surface area contributed by atoms with Gasteiger partial charge in [-0.15, -0.1) is 0 Å². The van der Waals surface area contributed by atoms with Crippen LogP contribution in [-0.4, -0.2) is 105 Å². The minimum atomic E-state index is -0.169. The molecule has 4 aromatic carbocycles. The Morgan fingerprint density at radius 3 is 1.15 bits per heavy atom. The summed E-state index contributed by atoms with van der Waals surface area (Å²) in [7, 11) is 14.2. The number of ether oxygens (including phenoxy) is 6. The molecule has 0 unspecified atom stereocenters. The van der Waals surface area contributed by atoms with Crippen LogP contribution in [0, 0.1) is 0 Å². The normalized spacial score (nSPS) is 10.5. The van der Waals surface area contributed by atoms with Crippen molar-refractivity contribution in [2.24, 2.45) is 0 Å². The van der Waals surface area contributed by atoms with Gasteiger partial charge in [0.25, 0.3) is 11.8 Å². The van der Waals surface area contributed by atoms with E-state index in [2.05, 4.69) is 20.4 Å². The smallest absolute Gasteiger partial charge is 0.251 e. The van der Waals surface area contributed by atoms with Crippen LogP contribution in [0.15, 0.2) is 84.9 Å². The first kappa shape index (κ1) is 41.0. The number of amides is 2. The van der Waals surface area contributed by atoms with Crippen LogP contribution >= 0.6 is 0 Å². The van der Waals surface area contributed by atoms with E-state index in [9.17, 15) is 9.59 Å². The fourth-order valence-corrected chi connectivity index (χ4v) is 4.62. The second-order valence-electron chi connectivity index (χ2n) is 12.1. The molecule has 12 nitrogen and oxygen atoms in total. The first-order chi connectivity index (χ1) is 25.1. The lowest BCUT2D eigenvalue weighted by molar-refractivity contribution is 0.0942. The van der Waals surface area contributed by atoms with E-state index in [1.165, 1.54) is 0 Å². The number of carbonyl (C=O) groups excluding carboxylic acids is 2. The number of likely N-dealkylation sites (N-methyl/N-ethyl adjacent to an activating group) is 2. The SMILES string of the molecule is COc1ccc(C(=O)NCc2ccc(OCCN(C)C)cc2)cc1OC.COc1ccc(C(=O)NCc2ccc(OCCN(C)C)cc2)cc1OC. The lowest BCUT2D eigenvalue weighted by Gasteiger charge is -2.12. The van der Waals surface area contributed by atoms with Crippen molar-refractivity contribution >= 4 is 11.8 Å². The molecule has 0 aliphatic heterocycles. The van der Waals surface area contributed by atoms with Gasteiger partial charge in [-0.25, -0.2) is 0 Å². The summed E-state index contributed by atoms with van der Waals surface area (Å²) in [6.45, 7) is 3.88. The number of nitrogens with zero attached hydrogens (tertiary/aromatic N) is 2. The molecular formula is C40H52N4O8. The van der Waals surface area contributed by atoms with Crippen molar-refractivity contribution < 1.29 is 38.0 Å². The Labute approximate surface area is 307 Å². The molecule has 0 fully saturated rings. The van der Waals surface area contributed by atoms with E-state index in [1.54, 1.807) is 64.8 Å². The van der Waals surface area contributed by atoms with Crippen LogP contribution in [0.25, 0.3) is 0 Å². The molecule has 0 saturated carbocycles. The van der Waals surface area contributed by atoms with E-state index in [-0.39, 0.29) is 11.8 Å². The number of methoxy groups -OCH3 is 4. The van der Waals surface area contributed by atoms with Crippen molar-refractivity contribution in [1.82, 2.24) is 20.4 Å². The Morgan fingerprint density at radius 1 is 0.500 bits per heavy atom. The van der Waals surface area contributed by atoms with E-state index in [4.69, 9.17) is 28.4 Å². The van der Waals surface area contributed by atoms with E-state index in [0.717, 1.165) is 35.7 Å². The highest BCUT2D eigenvalue weighted by Gasteiger charge is 2.12. The van der Waals surface area contributed by atoms with E-state index >= 15 is 0 Å². The largest absolute Gasteiger partial charge is 0.493 e. The van der Waals surface area contributed by atoms with Gasteiger partial charge >= 0.3 is 0 Å². The molecule has 0 aliphatic rings. The maximum absolute atomic E-state index is 12.3. The van der Waals surface area contributed by atoms with Gasteiger partial charge in [0.2, 0.25) is 0 Å². The number of nitrogens with one attached hydrogen (secondary N) is 2. The summed E-state index contributed by atoms with van der Waals surface area (Å²) in [5.74, 6) is 3.54. The van der Waals surface area contributed by atoms with Crippen molar-refractivity contribution in [2.45, 2.75) is 13.1 Å². The first-order valence-corrected chi connectivity index (χ1v) is 16.8. The first-order valence-electron chi connectivity index (χ1n) is 16.8. The molecule has 0 aromatic heterocycles. The summed E-state index contributed by atoms with van der Waals surface area (Å²) in [6.07, 6.45) is 0. The molecule has 2 amide bonds. The Bertz CT molecular complexity index is 1550. The van der Waals surface area contributed by atoms with Crippen LogP contribution in [0.1, 0.15) is 31.8 Å². The van der Waals surface area contributed by atoms with Crippen molar-refractivity contribution in [3.8, 4) is 34.5 Å². The highest BCUT2D eigenvalue weighted by molar-refractivity contribution is 5.95. The lowest BCUT2D eigenvalue weighted by atomic mass is 10.1. The molecule has 2 N–H and O–H groups in total. The molecule has 0 heterocycles. The molecule has 4 aromatic rings. The van der Waals surface area contributed by atoms with Crippen LogP contribution in [0.2, 0.25) is 0 Å². The van der Waals surface area contributed by atoms with Gasteiger partial charge in [-0.2, -0.15) is 0 Å². The summed E-state index contributed by atoms with van der Waals surface area (Å²) < 4.78 is 32.1. The third-order valence-electron chi connectivity index (χ3n) is 7.66. The average molecular weight is 717 g/mol. The van der Waals surface area contributed by atoms with E-state index in [0.29, 0.717) is 60.4 Å². The molecule has 0 atom stereocenters. The number of hydrogen-bond donors (Lipinski definition) is 2. The molecule has 280 valence electrons. The predicted octanol–water partition coefficient (Wildman–Crippen LogP) is 5.15. The summed E-state index contributed by atoms with van der Waals surface area (Å²) in [6, 6.07) is 25.6. The van der Waals surface area contributed by atoms with Crippen molar-refractivity contribution in [2.75, 3.05) is 82.9 Å². The van der Waals surface area contributed by atoms with Crippen molar-refractivity contribution in [3.63, 3.8) is 0 Å². The Kier molecular flexibility index (Phi) is 17.1. The summed E-state index contributed by atoms with van der Waals surface area (Å²) in [5.41, 5.74) is 3.04. The molecule has 52 heavy (non-hydrogen) atoms. The van der Waals surface area contributed by atoms with Gasteiger partial charge in [-0.1, -0.05) is 24.3 Å². The summed E-state index contributed by atoms with van der Waals surface area (Å²) >= 11 is 0. The van der Waals surface area contributed by atoms with Crippen LogP contribution in [0.4, 0.5) is 0 Å². The Hall–Kier alpha value is -5.46. The zero-order valence-corrected chi connectivity index (χ0v) is 31.5. The number of benzene rings is 4. The van der Waals surface area contributed by atoms with Crippen LogP contribution in [0.3, 0.4) is 0 Å². The zero-order chi connectivity index (χ0) is 37.9. The molecule has 0 spiro atoms. The fourth-order valence-electron chi connectivity index (χ4n) is 4.62. The van der Waals surface area contributed by atoms with Gasteiger partial charge in [0.05, 0.1) is 28.4 Å². The predicted molar refractivity (Wildman–Crippen MR) is 202 cm³/mol.